The number of ether oxygens (including phenoxy) is 1. The molecule has 0 N–H and O–H groups in total. The van der Waals surface area contributed by atoms with Crippen LogP contribution in [-0.2, 0) is 9.53 Å². The van der Waals surface area contributed by atoms with Crippen molar-refractivity contribution in [1.29, 1.82) is 0 Å². The van der Waals surface area contributed by atoms with Gasteiger partial charge in [0.15, 0.2) is 0 Å². The zero-order chi connectivity index (χ0) is 9.97. The largest absolute Gasteiger partial charge is 0.385 e. The number of rotatable bonds is 4. The maximum Gasteiger partial charge on any atom is 0.136 e. The highest BCUT2D eigenvalue weighted by atomic mass is 16.5. The van der Waals surface area contributed by atoms with Crippen molar-refractivity contribution in [3.8, 4) is 0 Å². The third kappa shape index (κ3) is 1.98. The SMILES string of the molecule is COCCCN1C2CCC1CC(=O)C2. The molecule has 2 fully saturated rings. The molecule has 2 rings (SSSR count). The Hall–Kier alpha value is -0.410. The highest BCUT2D eigenvalue weighted by molar-refractivity contribution is 5.80. The summed E-state index contributed by atoms with van der Waals surface area (Å²) in [6, 6.07) is 1.11. The van der Waals surface area contributed by atoms with Gasteiger partial charge in [-0.05, 0) is 19.3 Å². The monoisotopic (exact) mass is 197 g/mol. The van der Waals surface area contributed by atoms with Crippen LogP contribution in [0.25, 0.3) is 0 Å². The molecule has 0 radical (unpaired) electrons. The average Bonchev–Trinajstić information content (AvgIpc) is 2.42. The second-order valence-electron chi connectivity index (χ2n) is 4.42. The molecule has 2 bridgehead atoms. The fourth-order valence-corrected chi connectivity index (χ4v) is 2.82. The first-order valence-corrected chi connectivity index (χ1v) is 5.57. The number of fused-ring (bicyclic) bond motifs is 2. The molecule has 80 valence electrons. The van der Waals surface area contributed by atoms with E-state index in [0.717, 1.165) is 32.4 Å². The highest BCUT2D eigenvalue weighted by Crippen LogP contribution is 2.33. The van der Waals surface area contributed by atoms with Crippen LogP contribution < -0.4 is 0 Å². The molecule has 2 saturated heterocycles. The van der Waals surface area contributed by atoms with E-state index in [1.807, 2.05) is 0 Å². The van der Waals surface area contributed by atoms with E-state index in [2.05, 4.69) is 4.90 Å². The van der Waals surface area contributed by atoms with Gasteiger partial charge in [0.2, 0.25) is 0 Å². The molecule has 0 aromatic carbocycles. The van der Waals surface area contributed by atoms with Crippen LogP contribution in [0.3, 0.4) is 0 Å². The van der Waals surface area contributed by atoms with Crippen molar-refractivity contribution in [2.24, 2.45) is 0 Å². The Morgan fingerprint density at radius 2 is 2.00 bits per heavy atom. The van der Waals surface area contributed by atoms with Crippen LogP contribution in [-0.4, -0.2) is 43.0 Å². The van der Waals surface area contributed by atoms with Crippen molar-refractivity contribution >= 4 is 5.78 Å². The fourth-order valence-electron chi connectivity index (χ4n) is 2.82. The van der Waals surface area contributed by atoms with Crippen molar-refractivity contribution in [2.75, 3.05) is 20.3 Å². The molecule has 3 heteroatoms. The number of nitrogens with zero attached hydrogens (tertiary/aromatic N) is 1. The van der Waals surface area contributed by atoms with E-state index >= 15 is 0 Å². The van der Waals surface area contributed by atoms with Crippen molar-refractivity contribution < 1.29 is 9.53 Å². The summed E-state index contributed by atoms with van der Waals surface area (Å²) in [6.45, 7) is 1.94. The minimum absolute atomic E-state index is 0.473. The lowest BCUT2D eigenvalue weighted by Gasteiger charge is -2.33. The smallest absolute Gasteiger partial charge is 0.136 e. The van der Waals surface area contributed by atoms with Crippen molar-refractivity contribution in [2.45, 2.75) is 44.2 Å². The van der Waals surface area contributed by atoms with Gasteiger partial charge in [0.05, 0.1) is 0 Å². The molecule has 0 aromatic rings. The van der Waals surface area contributed by atoms with Gasteiger partial charge in [-0.25, -0.2) is 0 Å². The normalized spacial score (nSPS) is 32.5. The summed E-state index contributed by atoms with van der Waals surface area (Å²) in [5.41, 5.74) is 0. The predicted molar refractivity (Wildman–Crippen MR) is 54.3 cm³/mol. The van der Waals surface area contributed by atoms with E-state index in [-0.39, 0.29) is 0 Å². The second kappa shape index (κ2) is 4.41. The third-order valence-electron chi connectivity index (χ3n) is 3.46. The van der Waals surface area contributed by atoms with E-state index in [1.165, 1.54) is 12.8 Å². The van der Waals surface area contributed by atoms with Crippen LogP contribution >= 0.6 is 0 Å². The number of methoxy groups -OCH3 is 1. The lowest BCUT2D eigenvalue weighted by molar-refractivity contribution is -0.123. The molecule has 3 nitrogen and oxygen atoms in total. The Morgan fingerprint density at radius 3 is 2.57 bits per heavy atom. The van der Waals surface area contributed by atoms with Crippen LogP contribution in [0.1, 0.15) is 32.1 Å². The van der Waals surface area contributed by atoms with Gasteiger partial charge in [-0.15, -0.1) is 0 Å². The molecule has 2 aliphatic heterocycles. The number of carbonyl (C=O) groups is 1. The van der Waals surface area contributed by atoms with Gasteiger partial charge in [-0.2, -0.15) is 0 Å². The molecule has 2 heterocycles. The number of hydrogen-bond donors (Lipinski definition) is 0. The summed E-state index contributed by atoms with van der Waals surface area (Å²) in [5.74, 6) is 0.473. The molecule has 0 aliphatic carbocycles. The number of carbonyl (C=O) groups excluding carboxylic acids is 1. The lowest BCUT2D eigenvalue weighted by atomic mass is 10.0. The Morgan fingerprint density at radius 1 is 1.36 bits per heavy atom. The van der Waals surface area contributed by atoms with E-state index in [9.17, 15) is 4.79 Å². The summed E-state index contributed by atoms with van der Waals surface area (Å²) >= 11 is 0. The summed E-state index contributed by atoms with van der Waals surface area (Å²) in [4.78, 5) is 13.9. The molecule has 0 amide bonds. The second-order valence-corrected chi connectivity index (χ2v) is 4.42. The Bertz CT molecular complexity index is 201. The molecule has 2 unspecified atom stereocenters. The molecule has 2 aliphatic rings. The van der Waals surface area contributed by atoms with Crippen LogP contribution in [0.4, 0.5) is 0 Å². The van der Waals surface area contributed by atoms with Gasteiger partial charge < -0.3 is 4.74 Å². The molecule has 0 aromatic heterocycles. The standard InChI is InChI=1S/C11H19NO2/c1-14-6-2-5-12-9-3-4-10(12)8-11(13)7-9/h9-10H,2-8H2,1H3. The molecular weight excluding hydrogens is 178 g/mol. The van der Waals surface area contributed by atoms with Crippen LogP contribution in [0, 0.1) is 0 Å². The van der Waals surface area contributed by atoms with Gasteiger partial charge >= 0.3 is 0 Å². The first-order chi connectivity index (χ1) is 6.81. The Balaban J connectivity index is 1.84. The van der Waals surface area contributed by atoms with Crippen LogP contribution in [0.2, 0.25) is 0 Å². The van der Waals surface area contributed by atoms with Crippen molar-refractivity contribution in [3.63, 3.8) is 0 Å². The fraction of sp³-hybridized carbons (Fsp3) is 0.909. The lowest BCUT2D eigenvalue weighted by Crippen LogP contribution is -2.43. The first-order valence-electron chi connectivity index (χ1n) is 5.57. The molecule has 14 heavy (non-hydrogen) atoms. The van der Waals surface area contributed by atoms with E-state index in [4.69, 9.17) is 4.74 Å². The number of Topliss-reactive ketones (excluding diaryl/α,β-unsaturated/α-hetero) is 1. The minimum atomic E-state index is 0.473. The van der Waals surface area contributed by atoms with Crippen molar-refractivity contribution in [1.82, 2.24) is 4.90 Å². The zero-order valence-electron chi connectivity index (χ0n) is 8.87. The molecule has 2 atom stereocenters. The molecular formula is C11H19NO2. The molecule has 0 saturated carbocycles. The maximum absolute atomic E-state index is 11.3. The summed E-state index contributed by atoms with van der Waals surface area (Å²) < 4.78 is 5.05. The molecule has 0 spiro atoms. The van der Waals surface area contributed by atoms with E-state index in [0.29, 0.717) is 17.9 Å². The number of piperidine rings is 1. The van der Waals surface area contributed by atoms with E-state index < -0.39 is 0 Å². The quantitative estimate of drug-likeness (QED) is 0.635. The zero-order valence-corrected chi connectivity index (χ0v) is 8.87. The third-order valence-corrected chi connectivity index (χ3v) is 3.46. The van der Waals surface area contributed by atoms with E-state index in [1.54, 1.807) is 7.11 Å². The van der Waals surface area contributed by atoms with Gasteiger partial charge in [-0.3, -0.25) is 9.69 Å². The number of ketones is 1. The topological polar surface area (TPSA) is 29.5 Å². The number of hydrogen-bond acceptors (Lipinski definition) is 3. The Kier molecular flexibility index (Phi) is 3.19. The average molecular weight is 197 g/mol. The summed E-state index contributed by atoms with van der Waals surface area (Å²) in [6.07, 6.45) is 5.14. The van der Waals surface area contributed by atoms with Gasteiger partial charge in [0.1, 0.15) is 5.78 Å². The van der Waals surface area contributed by atoms with Gasteiger partial charge in [0.25, 0.3) is 0 Å². The predicted octanol–water partition coefficient (Wildman–Crippen LogP) is 1.22. The minimum Gasteiger partial charge on any atom is -0.385 e. The van der Waals surface area contributed by atoms with Crippen LogP contribution in [0.15, 0.2) is 0 Å². The highest BCUT2D eigenvalue weighted by Gasteiger charge is 2.39. The van der Waals surface area contributed by atoms with Crippen molar-refractivity contribution in [3.05, 3.63) is 0 Å². The van der Waals surface area contributed by atoms with Gasteiger partial charge in [0, 0.05) is 45.2 Å². The van der Waals surface area contributed by atoms with Gasteiger partial charge in [-0.1, -0.05) is 0 Å². The Labute approximate surface area is 85.4 Å². The summed E-state index contributed by atoms with van der Waals surface area (Å²) in [5, 5.41) is 0. The maximum atomic E-state index is 11.3. The van der Waals surface area contributed by atoms with Crippen LogP contribution in [0.5, 0.6) is 0 Å². The first kappa shape index (κ1) is 10.1. The summed E-state index contributed by atoms with van der Waals surface area (Å²) in [7, 11) is 1.74.